The SMILES string of the molecule is NC1C=C(n2ccnc2)CC1. The maximum atomic E-state index is 5.72. The highest BCUT2D eigenvalue weighted by atomic mass is 15.0. The van der Waals surface area contributed by atoms with Crippen molar-refractivity contribution in [3.8, 4) is 0 Å². The molecule has 1 aliphatic rings. The van der Waals surface area contributed by atoms with Gasteiger partial charge in [0, 0.05) is 24.1 Å². The molecule has 0 fully saturated rings. The molecule has 11 heavy (non-hydrogen) atoms. The normalized spacial score (nSPS) is 23.7. The van der Waals surface area contributed by atoms with Gasteiger partial charge in [-0.25, -0.2) is 4.98 Å². The Kier molecular flexibility index (Phi) is 1.51. The maximum Gasteiger partial charge on any atom is 0.0989 e. The highest BCUT2D eigenvalue weighted by Gasteiger charge is 2.11. The summed E-state index contributed by atoms with van der Waals surface area (Å²) in [6, 6.07) is 0.243. The predicted octanol–water partition coefficient (Wildman–Crippen LogP) is 0.845. The topological polar surface area (TPSA) is 43.8 Å². The number of aromatic nitrogens is 2. The molecule has 3 heteroatoms. The van der Waals surface area contributed by atoms with Crippen LogP contribution in [0.4, 0.5) is 0 Å². The van der Waals surface area contributed by atoms with E-state index in [1.165, 1.54) is 5.70 Å². The van der Waals surface area contributed by atoms with Gasteiger partial charge in [0.25, 0.3) is 0 Å². The van der Waals surface area contributed by atoms with Crippen LogP contribution in [0.5, 0.6) is 0 Å². The summed E-state index contributed by atoms with van der Waals surface area (Å²) >= 11 is 0. The summed E-state index contributed by atoms with van der Waals surface area (Å²) in [6.45, 7) is 0. The molecule has 1 aromatic rings. The lowest BCUT2D eigenvalue weighted by Crippen LogP contribution is -2.11. The summed E-state index contributed by atoms with van der Waals surface area (Å²) in [6.07, 6.45) is 9.77. The van der Waals surface area contributed by atoms with E-state index in [0.29, 0.717) is 0 Å². The van der Waals surface area contributed by atoms with E-state index in [0.717, 1.165) is 12.8 Å². The van der Waals surface area contributed by atoms with E-state index < -0.39 is 0 Å². The second kappa shape index (κ2) is 2.51. The molecule has 2 N–H and O–H groups in total. The minimum atomic E-state index is 0.243. The van der Waals surface area contributed by atoms with E-state index in [1.54, 1.807) is 6.20 Å². The van der Waals surface area contributed by atoms with Crippen molar-refractivity contribution in [3.05, 3.63) is 24.8 Å². The van der Waals surface area contributed by atoms with Crippen LogP contribution in [-0.4, -0.2) is 15.6 Å². The van der Waals surface area contributed by atoms with Crippen LogP contribution in [0.25, 0.3) is 5.70 Å². The van der Waals surface area contributed by atoms with Gasteiger partial charge in [0.05, 0.1) is 6.33 Å². The van der Waals surface area contributed by atoms with Gasteiger partial charge >= 0.3 is 0 Å². The Morgan fingerprint density at radius 1 is 1.64 bits per heavy atom. The van der Waals surface area contributed by atoms with Gasteiger partial charge in [-0.1, -0.05) is 0 Å². The third-order valence-corrected chi connectivity index (χ3v) is 1.98. The molecular formula is C8H11N3. The number of imidazole rings is 1. The first-order valence-electron chi connectivity index (χ1n) is 3.81. The molecule has 0 radical (unpaired) electrons. The van der Waals surface area contributed by atoms with Crippen molar-refractivity contribution >= 4 is 5.70 Å². The number of hydrogen-bond donors (Lipinski definition) is 1. The van der Waals surface area contributed by atoms with Gasteiger partial charge in [-0.15, -0.1) is 0 Å². The predicted molar refractivity (Wildman–Crippen MR) is 43.7 cm³/mol. The van der Waals surface area contributed by atoms with Gasteiger partial charge in [-0.3, -0.25) is 0 Å². The van der Waals surface area contributed by atoms with Gasteiger partial charge in [-0.05, 0) is 18.9 Å². The Hall–Kier alpha value is -1.09. The fourth-order valence-electron chi connectivity index (χ4n) is 1.37. The second-order valence-corrected chi connectivity index (χ2v) is 2.83. The average Bonchev–Trinajstić information content (AvgIpc) is 2.55. The van der Waals surface area contributed by atoms with Crippen LogP contribution in [0.15, 0.2) is 24.8 Å². The molecule has 0 aromatic carbocycles. The molecule has 1 atom stereocenters. The Labute approximate surface area is 65.5 Å². The van der Waals surface area contributed by atoms with Crippen LogP contribution in [-0.2, 0) is 0 Å². The summed E-state index contributed by atoms with van der Waals surface area (Å²) in [7, 11) is 0. The Bertz CT molecular complexity index is 261. The minimum absolute atomic E-state index is 0.243. The molecule has 1 heterocycles. The van der Waals surface area contributed by atoms with Crippen molar-refractivity contribution in [1.29, 1.82) is 0 Å². The van der Waals surface area contributed by atoms with Gasteiger partial charge < -0.3 is 10.3 Å². The number of nitrogens with zero attached hydrogens (tertiary/aromatic N) is 2. The van der Waals surface area contributed by atoms with Crippen molar-refractivity contribution < 1.29 is 0 Å². The Balaban J connectivity index is 2.25. The molecule has 0 spiro atoms. The zero-order valence-electron chi connectivity index (χ0n) is 6.27. The van der Waals surface area contributed by atoms with Crippen molar-refractivity contribution in [2.75, 3.05) is 0 Å². The first-order valence-corrected chi connectivity index (χ1v) is 3.81. The van der Waals surface area contributed by atoms with Crippen LogP contribution in [0.2, 0.25) is 0 Å². The van der Waals surface area contributed by atoms with Crippen LogP contribution in [0.3, 0.4) is 0 Å². The Morgan fingerprint density at radius 3 is 3.09 bits per heavy atom. The summed E-state index contributed by atoms with van der Waals surface area (Å²) in [5.41, 5.74) is 6.99. The largest absolute Gasteiger partial charge is 0.324 e. The van der Waals surface area contributed by atoms with E-state index in [9.17, 15) is 0 Å². The number of rotatable bonds is 1. The van der Waals surface area contributed by atoms with E-state index >= 15 is 0 Å². The van der Waals surface area contributed by atoms with Crippen LogP contribution in [0.1, 0.15) is 12.8 Å². The zero-order valence-corrected chi connectivity index (χ0v) is 6.27. The molecular weight excluding hydrogens is 138 g/mol. The smallest absolute Gasteiger partial charge is 0.0989 e. The maximum absolute atomic E-state index is 5.72. The van der Waals surface area contributed by atoms with Gasteiger partial charge in [0.15, 0.2) is 0 Å². The molecule has 0 bridgehead atoms. The summed E-state index contributed by atoms with van der Waals surface area (Å²) in [5, 5.41) is 0. The number of allylic oxidation sites excluding steroid dienone is 1. The van der Waals surface area contributed by atoms with Gasteiger partial charge in [0.1, 0.15) is 0 Å². The lowest BCUT2D eigenvalue weighted by Gasteiger charge is -1.99. The lowest BCUT2D eigenvalue weighted by atomic mass is 10.3. The van der Waals surface area contributed by atoms with E-state index in [1.807, 2.05) is 17.1 Å². The standard InChI is InChI=1S/C8H11N3/c9-7-1-2-8(5-7)11-4-3-10-6-11/h3-7H,1-2,9H2. The summed E-state index contributed by atoms with van der Waals surface area (Å²) in [4.78, 5) is 3.97. The third-order valence-electron chi connectivity index (χ3n) is 1.98. The van der Waals surface area contributed by atoms with Crippen LogP contribution in [0, 0.1) is 0 Å². The molecule has 1 aromatic heterocycles. The second-order valence-electron chi connectivity index (χ2n) is 2.83. The fourth-order valence-corrected chi connectivity index (χ4v) is 1.37. The highest BCUT2D eigenvalue weighted by Crippen LogP contribution is 2.20. The van der Waals surface area contributed by atoms with Crippen molar-refractivity contribution in [1.82, 2.24) is 9.55 Å². The van der Waals surface area contributed by atoms with Crippen molar-refractivity contribution in [2.24, 2.45) is 5.73 Å². The quantitative estimate of drug-likeness (QED) is 0.643. The van der Waals surface area contributed by atoms with E-state index in [4.69, 9.17) is 5.73 Å². The zero-order chi connectivity index (χ0) is 7.68. The highest BCUT2D eigenvalue weighted by molar-refractivity contribution is 5.49. The van der Waals surface area contributed by atoms with E-state index in [2.05, 4.69) is 11.1 Å². The minimum Gasteiger partial charge on any atom is -0.324 e. The first-order chi connectivity index (χ1) is 5.36. The van der Waals surface area contributed by atoms with Gasteiger partial charge in [0.2, 0.25) is 0 Å². The Morgan fingerprint density at radius 2 is 2.55 bits per heavy atom. The number of hydrogen-bond acceptors (Lipinski definition) is 2. The molecule has 0 saturated heterocycles. The monoisotopic (exact) mass is 149 g/mol. The summed E-state index contributed by atoms with van der Waals surface area (Å²) < 4.78 is 2.02. The molecule has 1 unspecified atom stereocenters. The fraction of sp³-hybridized carbons (Fsp3) is 0.375. The molecule has 2 rings (SSSR count). The molecule has 1 aliphatic carbocycles. The van der Waals surface area contributed by atoms with Crippen molar-refractivity contribution in [2.45, 2.75) is 18.9 Å². The average molecular weight is 149 g/mol. The molecule has 3 nitrogen and oxygen atoms in total. The molecule has 0 amide bonds. The summed E-state index contributed by atoms with van der Waals surface area (Å²) in [5.74, 6) is 0. The van der Waals surface area contributed by atoms with Crippen LogP contribution >= 0.6 is 0 Å². The van der Waals surface area contributed by atoms with Gasteiger partial charge in [-0.2, -0.15) is 0 Å². The number of nitrogens with two attached hydrogens (primary N) is 1. The molecule has 0 saturated carbocycles. The first kappa shape index (κ1) is 6.61. The third kappa shape index (κ3) is 1.19. The van der Waals surface area contributed by atoms with E-state index in [-0.39, 0.29) is 6.04 Å². The molecule has 0 aliphatic heterocycles. The lowest BCUT2D eigenvalue weighted by molar-refractivity contribution is 0.776. The van der Waals surface area contributed by atoms with Crippen LogP contribution < -0.4 is 5.73 Å². The van der Waals surface area contributed by atoms with Crippen molar-refractivity contribution in [3.63, 3.8) is 0 Å². The molecule has 58 valence electrons.